The van der Waals surface area contributed by atoms with Crippen molar-refractivity contribution in [1.82, 2.24) is 14.5 Å². The summed E-state index contributed by atoms with van der Waals surface area (Å²) < 4.78 is 1.91. The summed E-state index contributed by atoms with van der Waals surface area (Å²) in [7, 11) is 1.91. The van der Waals surface area contributed by atoms with Crippen LogP contribution in [0.2, 0.25) is 10.3 Å². The Bertz CT molecular complexity index is 445. The summed E-state index contributed by atoms with van der Waals surface area (Å²) in [4.78, 5) is 7.79. The molecule has 0 aliphatic heterocycles. The summed E-state index contributed by atoms with van der Waals surface area (Å²) in [6.07, 6.45) is 3.26. The van der Waals surface area contributed by atoms with E-state index in [0.717, 1.165) is 5.69 Å². The maximum Gasteiger partial charge on any atom is 0.143 e. The van der Waals surface area contributed by atoms with Crippen molar-refractivity contribution in [2.24, 2.45) is 7.05 Å². The van der Waals surface area contributed by atoms with E-state index >= 15 is 0 Å². The van der Waals surface area contributed by atoms with E-state index in [1.165, 1.54) is 6.33 Å². The van der Waals surface area contributed by atoms with Crippen LogP contribution >= 0.6 is 23.2 Å². The molecule has 2 aromatic rings. The molecule has 0 saturated carbocycles. The molecule has 2 aromatic heterocycles. The van der Waals surface area contributed by atoms with E-state index in [-0.39, 0.29) is 0 Å². The van der Waals surface area contributed by atoms with Crippen LogP contribution < -0.4 is 0 Å². The van der Waals surface area contributed by atoms with Gasteiger partial charge in [0.25, 0.3) is 0 Å². The predicted molar refractivity (Wildman–Crippen MR) is 56.5 cm³/mol. The molecule has 5 heteroatoms. The lowest BCUT2D eigenvalue weighted by molar-refractivity contribution is 0.933. The number of rotatable bonds is 1. The highest BCUT2D eigenvalue weighted by Gasteiger charge is 2.12. The van der Waals surface area contributed by atoms with Crippen LogP contribution in [0.1, 0.15) is 0 Å². The van der Waals surface area contributed by atoms with E-state index in [9.17, 15) is 0 Å². The Balaban J connectivity index is 2.68. The second-order valence-corrected chi connectivity index (χ2v) is 3.55. The maximum atomic E-state index is 5.94. The quantitative estimate of drug-likeness (QED) is 0.702. The predicted octanol–water partition coefficient (Wildman–Crippen LogP) is 2.79. The molecule has 0 aliphatic rings. The molecule has 0 atom stereocenters. The highest BCUT2D eigenvalue weighted by molar-refractivity contribution is 6.37. The number of nitrogens with zero attached hydrogens (tertiary/aromatic N) is 3. The molecule has 0 bridgehead atoms. The molecule has 72 valence electrons. The lowest BCUT2D eigenvalue weighted by atomic mass is 10.2. The molecule has 2 rings (SSSR count). The fraction of sp³-hybridized carbons (Fsp3) is 0.111. The minimum absolute atomic E-state index is 0.367. The molecule has 0 N–H and O–H groups in total. The molecule has 14 heavy (non-hydrogen) atoms. The summed E-state index contributed by atoms with van der Waals surface area (Å²) in [6.45, 7) is 0. The smallest absolute Gasteiger partial charge is 0.143 e. The fourth-order valence-corrected chi connectivity index (χ4v) is 1.78. The normalized spacial score (nSPS) is 10.5. The minimum atomic E-state index is 0.367. The van der Waals surface area contributed by atoms with Crippen molar-refractivity contribution in [3.8, 4) is 11.3 Å². The first-order valence-corrected chi connectivity index (χ1v) is 4.73. The minimum Gasteiger partial charge on any atom is -0.350 e. The summed E-state index contributed by atoms with van der Waals surface area (Å²) in [5.74, 6) is 0. The second-order valence-electron chi connectivity index (χ2n) is 2.83. The van der Waals surface area contributed by atoms with Crippen molar-refractivity contribution in [3.63, 3.8) is 0 Å². The molecule has 0 spiro atoms. The number of aromatic nitrogens is 3. The molecular weight excluding hydrogens is 221 g/mol. The van der Waals surface area contributed by atoms with Gasteiger partial charge in [-0.15, -0.1) is 0 Å². The van der Waals surface area contributed by atoms with Crippen LogP contribution in [0.25, 0.3) is 11.3 Å². The van der Waals surface area contributed by atoms with Gasteiger partial charge in [-0.05, 0) is 12.1 Å². The Morgan fingerprint density at radius 3 is 2.36 bits per heavy atom. The third-order valence-electron chi connectivity index (χ3n) is 1.95. The highest BCUT2D eigenvalue weighted by Crippen LogP contribution is 2.31. The molecule has 0 amide bonds. The summed E-state index contributed by atoms with van der Waals surface area (Å²) in [6, 6.07) is 3.82. The van der Waals surface area contributed by atoms with Gasteiger partial charge in [0, 0.05) is 13.2 Å². The zero-order valence-corrected chi connectivity index (χ0v) is 8.92. The Labute approximate surface area is 91.3 Å². The van der Waals surface area contributed by atoms with Crippen LogP contribution in [0.15, 0.2) is 24.7 Å². The Hall–Kier alpha value is -1.06. The van der Waals surface area contributed by atoms with Gasteiger partial charge in [0.05, 0.1) is 11.3 Å². The Morgan fingerprint density at radius 2 is 1.86 bits per heavy atom. The zero-order chi connectivity index (χ0) is 10.1. The molecule has 0 fully saturated rings. The third-order valence-corrected chi connectivity index (χ3v) is 2.53. The molecule has 0 aromatic carbocycles. The van der Waals surface area contributed by atoms with Gasteiger partial charge in [-0.3, -0.25) is 0 Å². The van der Waals surface area contributed by atoms with Crippen molar-refractivity contribution >= 4 is 23.2 Å². The van der Waals surface area contributed by atoms with Gasteiger partial charge in [-0.1, -0.05) is 23.2 Å². The monoisotopic (exact) mass is 227 g/mol. The van der Waals surface area contributed by atoms with Gasteiger partial charge >= 0.3 is 0 Å². The Kier molecular flexibility index (Phi) is 2.44. The van der Waals surface area contributed by atoms with E-state index in [2.05, 4.69) is 9.97 Å². The number of halogens is 2. The van der Waals surface area contributed by atoms with Crippen molar-refractivity contribution in [2.45, 2.75) is 0 Å². The zero-order valence-electron chi connectivity index (χ0n) is 7.41. The van der Waals surface area contributed by atoms with Crippen molar-refractivity contribution in [2.75, 3.05) is 0 Å². The number of hydrogen-bond acceptors (Lipinski definition) is 2. The highest BCUT2D eigenvalue weighted by atomic mass is 35.5. The summed E-state index contributed by atoms with van der Waals surface area (Å²) in [5.41, 5.74) is 1.57. The van der Waals surface area contributed by atoms with E-state index < -0.39 is 0 Å². The fourth-order valence-electron chi connectivity index (χ4n) is 1.28. The second kappa shape index (κ2) is 3.59. The van der Waals surface area contributed by atoms with Crippen LogP contribution in [-0.2, 0) is 7.05 Å². The van der Waals surface area contributed by atoms with Gasteiger partial charge < -0.3 is 4.57 Å². The lowest BCUT2D eigenvalue weighted by Gasteiger charge is -2.05. The largest absolute Gasteiger partial charge is 0.350 e. The number of hydrogen-bond donors (Lipinski definition) is 0. The molecule has 2 heterocycles. The first-order valence-electron chi connectivity index (χ1n) is 3.98. The van der Waals surface area contributed by atoms with Crippen LogP contribution in [-0.4, -0.2) is 14.5 Å². The third kappa shape index (κ3) is 1.49. The van der Waals surface area contributed by atoms with E-state index in [4.69, 9.17) is 23.2 Å². The maximum absolute atomic E-state index is 5.94. The SMILES string of the molecule is Cn1cccc1-c1c(Cl)ncnc1Cl. The van der Waals surface area contributed by atoms with E-state index in [0.29, 0.717) is 15.9 Å². The van der Waals surface area contributed by atoms with Crippen LogP contribution in [0, 0.1) is 0 Å². The molecular formula is C9H7Cl2N3. The van der Waals surface area contributed by atoms with Gasteiger partial charge in [0.1, 0.15) is 16.6 Å². The van der Waals surface area contributed by atoms with Gasteiger partial charge in [-0.2, -0.15) is 0 Å². The van der Waals surface area contributed by atoms with Crippen LogP contribution in [0.5, 0.6) is 0 Å². The average Bonchev–Trinajstić information content (AvgIpc) is 2.52. The van der Waals surface area contributed by atoms with Crippen molar-refractivity contribution < 1.29 is 0 Å². The van der Waals surface area contributed by atoms with E-state index in [1.807, 2.05) is 29.9 Å². The Morgan fingerprint density at radius 1 is 1.21 bits per heavy atom. The number of aryl methyl sites for hydroxylation is 1. The first kappa shape index (κ1) is 9.49. The molecule has 0 saturated heterocycles. The van der Waals surface area contributed by atoms with Gasteiger partial charge in [0.2, 0.25) is 0 Å². The standard InChI is InChI=1S/C9H7Cl2N3/c1-14-4-2-3-6(14)7-8(10)12-5-13-9(7)11/h2-5H,1H3. The topological polar surface area (TPSA) is 30.7 Å². The molecule has 0 aliphatic carbocycles. The van der Waals surface area contributed by atoms with Crippen molar-refractivity contribution in [1.29, 1.82) is 0 Å². The summed E-state index contributed by atoms with van der Waals surface area (Å²) in [5, 5.41) is 0.735. The van der Waals surface area contributed by atoms with E-state index in [1.54, 1.807) is 0 Å². The summed E-state index contributed by atoms with van der Waals surface area (Å²) >= 11 is 11.9. The molecule has 0 radical (unpaired) electrons. The van der Waals surface area contributed by atoms with Crippen LogP contribution in [0.4, 0.5) is 0 Å². The average molecular weight is 228 g/mol. The lowest BCUT2D eigenvalue weighted by Crippen LogP contribution is -1.94. The van der Waals surface area contributed by atoms with Crippen LogP contribution in [0.3, 0.4) is 0 Å². The molecule has 0 unspecified atom stereocenters. The first-order chi connectivity index (χ1) is 6.70. The van der Waals surface area contributed by atoms with Gasteiger partial charge in [0.15, 0.2) is 0 Å². The van der Waals surface area contributed by atoms with Gasteiger partial charge in [-0.25, -0.2) is 9.97 Å². The van der Waals surface area contributed by atoms with Crippen molar-refractivity contribution in [3.05, 3.63) is 35.0 Å². The molecule has 3 nitrogen and oxygen atoms in total.